The molecular formula is C25H37N3O3. The van der Waals surface area contributed by atoms with E-state index in [4.69, 9.17) is 5.73 Å². The maximum absolute atomic E-state index is 11.2. The number of nitrogens with two attached hydrogens (primary N) is 1. The van der Waals surface area contributed by atoms with Crippen LogP contribution in [-0.4, -0.2) is 35.3 Å². The fourth-order valence-electron chi connectivity index (χ4n) is 3.54. The fourth-order valence-corrected chi connectivity index (χ4v) is 3.54. The fraction of sp³-hybridized carbons (Fsp3) is 0.480. The quantitative estimate of drug-likeness (QED) is 0.248. The van der Waals surface area contributed by atoms with Crippen LogP contribution in [0.5, 0.6) is 5.75 Å². The first-order chi connectivity index (χ1) is 14.9. The third kappa shape index (κ3) is 9.09. The summed E-state index contributed by atoms with van der Waals surface area (Å²) >= 11 is 0. The van der Waals surface area contributed by atoms with Gasteiger partial charge in [-0.1, -0.05) is 30.3 Å². The van der Waals surface area contributed by atoms with Crippen molar-refractivity contribution < 1.29 is 15.0 Å². The number of hydrogen-bond donors (Lipinski definition) is 5. The molecule has 0 radical (unpaired) electrons. The number of aliphatic hydroxyl groups is 1. The van der Waals surface area contributed by atoms with Gasteiger partial charge < -0.3 is 26.6 Å². The van der Waals surface area contributed by atoms with Crippen LogP contribution in [0, 0.1) is 0 Å². The number of aliphatic hydroxyl groups excluding tert-OH is 1. The molecule has 0 aliphatic heterocycles. The lowest BCUT2D eigenvalue weighted by Gasteiger charge is -2.18. The largest absolute Gasteiger partial charge is 0.506 e. The lowest BCUT2D eigenvalue weighted by Crippen LogP contribution is -2.30. The Hall–Kier alpha value is -2.41. The van der Waals surface area contributed by atoms with Gasteiger partial charge in [-0.15, -0.1) is 0 Å². The normalized spacial score (nSPS) is 13.0. The van der Waals surface area contributed by atoms with Gasteiger partial charge in [-0.2, -0.15) is 0 Å². The van der Waals surface area contributed by atoms with E-state index >= 15 is 0 Å². The number of unbranched alkanes of at least 4 members (excludes halogenated alkanes) is 1. The van der Waals surface area contributed by atoms with Crippen LogP contribution in [0.2, 0.25) is 0 Å². The van der Waals surface area contributed by atoms with Crippen molar-refractivity contribution in [2.24, 2.45) is 5.73 Å². The Bertz CT molecular complexity index is 808. The summed E-state index contributed by atoms with van der Waals surface area (Å²) in [7, 11) is 0. The van der Waals surface area contributed by atoms with Gasteiger partial charge in [0.1, 0.15) is 5.75 Å². The molecule has 0 spiro atoms. The SMILES string of the molecule is CC(=O)Nc1cc([C@@H](O)CNC(C)CCCc2ccc(CCCCN)cc2)ccc1O. The molecule has 0 heterocycles. The van der Waals surface area contributed by atoms with Crippen LogP contribution in [0.4, 0.5) is 5.69 Å². The Kier molecular flexibility index (Phi) is 10.5. The van der Waals surface area contributed by atoms with Crippen LogP contribution >= 0.6 is 0 Å². The molecule has 6 N–H and O–H groups in total. The van der Waals surface area contributed by atoms with Gasteiger partial charge in [0.15, 0.2) is 0 Å². The van der Waals surface area contributed by atoms with Crippen molar-refractivity contribution in [1.29, 1.82) is 0 Å². The molecule has 0 saturated heterocycles. The molecule has 1 amide bonds. The predicted octanol–water partition coefficient (Wildman–Crippen LogP) is 3.67. The van der Waals surface area contributed by atoms with Crippen LogP contribution in [0.25, 0.3) is 0 Å². The number of carbonyl (C=O) groups excluding carboxylic acids is 1. The van der Waals surface area contributed by atoms with Gasteiger partial charge in [0.25, 0.3) is 0 Å². The molecule has 2 aromatic rings. The second-order valence-electron chi connectivity index (χ2n) is 8.24. The third-order valence-corrected chi connectivity index (χ3v) is 5.42. The highest BCUT2D eigenvalue weighted by Crippen LogP contribution is 2.27. The van der Waals surface area contributed by atoms with Crippen molar-refractivity contribution in [2.45, 2.75) is 64.5 Å². The van der Waals surface area contributed by atoms with Gasteiger partial charge in [0.05, 0.1) is 11.8 Å². The summed E-state index contributed by atoms with van der Waals surface area (Å²) in [6.07, 6.45) is 5.71. The number of amides is 1. The van der Waals surface area contributed by atoms with E-state index in [2.05, 4.69) is 41.8 Å². The van der Waals surface area contributed by atoms with Crippen molar-refractivity contribution in [3.05, 3.63) is 59.2 Å². The number of nitrogens with one attached hydrogen (secondary N) is 2. The Morgan fingerprint density at radius 2 is 1.68 bits per heavy atom. The zero-order chi connectivity index (χ0) is 22.6. The average Bonchev–Trinajstić information content (AvgIpc) is 2.74. The summed E-state index contributed by atoms with van der Waals surface area (Å²) in [5, 5.41) is 26.2. The predicted molar refractivity (Wildman–Crippen MR) is 126 cm³/mol. The van der Waals surface area contributed by atoms with E-state index in [1.807, 2.05) is 0 Å². The van der Waals surface area contributed by atoms with Crippen molar-refractivity contribution in [1.82, 2.24) is 5.32 Å². The van der Waals surface area contributed by atoms with Crippen LogP contribution in [0.1, 0.15) is 62.3 Å². The number of benzene rings is 2. The lowest BCUT2D eigenvalue weighted by molar-refractivity contribution is -0.114. The highest BCUT2D eigenvalue weighted by molar-refractivity contribution is 5.90. The Balaban J connectivity index is 1.72. The minimum atomic E-state index is -0.720. The van der Waals surface area contributed by atoms with Crippen LogP contribution < -0.4 is 16.4 Å². The topological polar surface area (TPSA) is 108 Å². The van der Waals surface area contributed by atoms with E-state index in [1.54, 1.807) is 12.1 Å². The van der Waals surface area contributed by atoms with Crippen LogP contribution in [-0.2, 0) is 17.6 Å². The molecule has 0 aliphatic carbocycles. The molecule has 0 aliphatic rings. The third-order valence-electron chi connectivity index (χ3n) is 5.42. The van der Waals surface area contributed by atoms with E-state index in [-0.39, 0.29) is 17.7 Å². The standard InChI is InChI=1S/C25H37N3O3/c1-18(6-5-8-21-11-9-20(10-12-21)7-3-4-15-26)27-17-25(31)22-13-14-24(30)23(16-22)28-19(2)29/h9-14,16,18,25,27,30-31H,3-8,15,17,26H2,1-2H3,(H,28,29)/t18?,25-/m0/s1. The Morgan fingerprint density at radius 3 is 2.29 bits per heavy atom. The average molecular weight is 428 g/mol. The summed E-state index contributed by atoms with van der Waals surface area (Å²) in [4.78, 5) is 11.2. The van der Waals surface area contributed by atoms with Gasteiger partial charge in [-0.25, -0.2) is 0 Å². The molecule has 1 unspecified atom stereocenters. The Morgan fingerprint density at radius 1 is 1.03 bits per heavy atom. The van der Waals surface area contributed by atoms with E-state index < -0.39 is 6.10 Å². The highest BCUT2D eigenvalue weighted by atomic mass is 16.3. The van der Waals surface area contributed by atoms with Gasteiger partial charge in [-0.3, -0.25) is 4.79 Å². The monoisotopic (exact) mass is 427 g/mol. The van der Waals surface area contributed by atoms with Crippen LogP contribution in [0.15, 0.2) is 42.5 Å². The molecule has 170 valence electrons. The first-order valence-electron chi connectivity index (χ1n) is 11.2. The number of phenolic OH excluding ortho intramolecular Hbond substituents is 1. The molecule has 6 heteroatoms. The number of aromatic hydroxyl groups is 1. The second kappa shape index (κ2) is 13.1. The molecule has 6 nitrogen and oxygen atoms in total. The summed E-state index contributed by atoms with van der Waals surface area (Å²) in [6, 6.07) is 13.9. The lowest BCUT2D eigenvalue weighted by atomic mass is 10.0. The number of anilines is 1. The number of phenols is 1. The number of hydrogen-bond acceptors (Lipinski definition) is 5. The van der Waals surface area contributed by atoms with E-state index in [9.17, 15) is 15.0 Å². The zero-order valence-electron chi connectivity index (χ0n) is 18.7. The van der Waals surface area contributed by atoms with Crippen molar-refractivity contribution in [3.63, 3.8) is 0 Å². The summed E-state index contributed by atoms with van der Waals surface area (Å²) < 4.78 is 0. The number of rotatable bonds is 13. The molecule has 0 fully saturated rings. The molecule has 0 bridgehead atoms. The van der Waals surface area contributed by atoms with Gasteiger partial charge in [0.2, 0.25) is 5.91 Å². The minimum absolute atomic E-state index is 0.0175. The molecule has 2 aromatic carbocycles. The minimum Gasteiger partial charge on any atom is -0.506 e. The maximum Gasteiger partial charge on any atom is 0.221 e. The summed E-state index contributed by atoms with van der Waals surface area (Å²) in [5.41, 5.74) is 9.23. The molecule has 31 heavy (non-hydrogen) atoms. The van der Waals surface area contributed by atoms with Gasteiger partial charge in [-0.05, 0) is 80.8 Å². The second-order valence-corrected chi connectivity index (χ2v) is 8.24. The first-order valence-corrected chi connectivity index (χ1v) is 11.2. The number of aryl methyl sites for hydroxylation is 2. The molecule has 2 atom stereocenters. The van der Waals surface area contributed by atoms with Crippen LogP contribution in [0.3, 0.4) is 0 Å². The highest BCUT2D eigenvalue weighted by Gasteiger charge is 2.12. The van der Waals surface area contributed by atoms with Gasteiger partial charge >= 0.3 is 0 Å². The van der Waals surface area contributed by atoms with Gasteiger partial charge in [0, 0.05) is 19.5 Å². The van der Waals surface area contributed by atoms with E-state index in [0.29, 0.717) is 17.8 Å². The first kappa shape index (κ1) is 24.9. The van der Waals surface area contributed by atoms with E-state index in [1.165, 1.54) is 24.1 Å². The molecular weight excluding hydrogens is 390 g/mol. The van der Waals surface area contributed by atoms with Crippen molar-refractivity contribution in [3.8, 4) is 5.75 Å². The molecule has 0 aromatic heterocycles. The smallest absolute Gasteiger partial charge is 0.221 e. The molecule has 0 saturated carbocycles. The maximum atomic E-state index is 11.2. The summed E-state index contributed by atoms with van der Waals surface area (Å²) in [6.45, 7) is 4.66. The molecule has 2 rings (SSSR count). The zero-order valence-corrected chi connectivity index (χ0v) is 18.7. The Labute approximate surface area is 185 Å². The van der Waals surface area contributed by atoms with E-state index in [0.717, 1.165) is 45.1 Å². The van der Waals surface area contributed by atoms with Crippen molar-refractivity contribution >= 4 is 11.6 Å². The van der Waals surface area contributed by atoms with Crippen molar-refractivity contribution in [2.75, 3.05) is 18.4 Å². The number of carbonyl (C=O) groups is 1. The summed E-state index contributed by atoms with van der Waals surface area (Å²) in [5.74, 6) is -0.286.